The van der Waals surface area contributed by atoms with Gasteiger partial charge in [0.05, 0.1) is 23.0 Å². The lowest BCUT2D eigenvalue weighted by Gasteiger charge is -2.33. The van der Waals surface area contributed by atoms with Gasteiger partial charge in [-0.1, -0.05) is 48.5 Å². The van der Waals surface area contributed by atoms with Crippen molar-refractivity contribution in [2.24, 2.45) is 16.4 Å². The molecule has 2 aliphatic rings. The second-order valence-electron chi connectivity index (χ2n) is 9.51. The van der Waals surface area contributed by atoms with Gasteiger partial charge in [0.25, 0.3) is 5.91 Å². The van der Waals surface area contributed by atoms with Gasteiger partial charge in [-0.15, -0.1) is 0 Å². The molecule has 0 bridgehead atoms. The maximum absolute atomic E-state index is 14.2. The van der Waals surface area contributed by atoms with Gasteiger partial charge in [0.1, 0.15) is 5.41 Å². The van der Waals surface area contributed by atoms with Crippen LogP contribution in [0.25, 0.3) is 0 Å². The maximum atomic E-state index is 14.2. The first-order valence-corrected chi connectivity index (χ1v) is 12.0. The predicted molar refractivity (Wildman–Crippen MR) is 141 cm³/mol. The minimum Gasteiger partial charge on any atom is -0.378 e. The second kappa shape index (κ2) is 9.07. The summed E-state index contributed by atoms with van der Waals surface area (Å²) in [5, 5.41) is 6.01. The van der Waals surface area contributed by atoms with E-state index in [9.17, 15) is 14.4 Å². The first-order valence-electron chi connectivity index (χ1n) is 12.0. The van der Waals surface area contributed by atoms with Crippen molar-refractivity contribution >= 4 is 40.5 Å². The van der Waals surface area contributed by atoms with Gasteiger partial charge < -0.3 is 4.90 Å². The molecule has 0 N–H and O–H groups in total. The number of anilines is 3. The van der Waals surface area contributed by atoms with E-state index in [4.69, 9.17) is 0 Å². The summed E-state index contributed by atoms with van der Waals surface area (Å²) in [6, 6.07) is 26.1. The first-order chi connectivity index (χ1) is 17.3. The van der Waals surface area contributed by atoms with Crippen LogP contribution in [-0.2, 0) is 20.8 Å². The lowest BCUT2D eigenvalue weighted by atomic mass is 9.67. The molecule has 0 spiro atoms. The number of hydrogen-bond acceptors (Lipinski definition) is 5. The standard InChI is InChI=1S/C29H28N4O3/c1-20-29(19-21-10-6-4-7-11-21,28(36)33(30-20)24-12-8-5-9-13-24)25-18-26(34)32(27(25)35)23-16-14-22(15-17-23)31(2)3/h4-17,25H,18-19H2,1-3H3. The van der Waals surface area contributed by atoms with Gasteiger partial charge in [-0.25, -0.2) is 0 Å². The Hall–Kier alpha value is -4.26. The van der Waals surface area contributed by atoms with Gasteiger partial charge in [0, 0.05) is 26.2 Å². The molecular weight excluding hydrogens is 452 g/mol. The van der Waals surface area contributed by atoms with Crippen molar-refractivity contribution in [2.75, 3.05) is 28.9 Å². The Labute approximate surface area is 210 Å². The molecule has 2 aliphatic heterocycles. The van der Waals surface area contributed by atoms with Gasteiger partial charge in [-0.3, -0.25) is 19.3 Å². The van der Waals surface area contributed by atoms with Crippen LogP contribution in [0.4, 0.5) is 17.1 Å². The molecule has 7 heteroatoms. The molecule has 3 aromatic carbocycles. The fraction of sp³-hybridized carbons (Fsp3) is 0.241. The van der Waals surface area contributed by atoms with E-state index in [0.717, 1.165) is 11.3 Å². The zero-order valence-electron chi connectivity index (χ0n) is 20.6. The SMILES string of the molecule is CC1=NN(c2ccccc2)C(=O)C1(Cc1ccccc1)C1CC(=O)N(c2ccc(N(C)C)cc2)C1=O. The highest BCUT2D eigenvalue weighted by atomic mass is 16.2. The minimum absolute atomic E-state index is 0.0532. The van der Waals surface area contributed by atoms with Crippen molar-refractivity contribution in [3.8, 4) is 0 Å². The molecule has 0 saturated carbocycles. The fourth-order valence-corrected chi connectivity index (χ4v) is 5.21. The Morgan fingerprint density at radius 2 is 1.47 bits per heavy atom. The quantitative estimate of drug-likeness (QED) is 0.494. The number of amides is 3. The minimum atomic E-state index is -1.26. The average molecular weight is 481 g/mol. The fourth-order valence-electron chi connectivity index (χ4n) is 5.21. The van der Waals surface area contributed by atoms with Crippen LogP contribution in [0.2, 0.25) is 0 Å². The van der Waals surface area contributed by atoms with Crippen molar-refractivity contribution in [3.05, 3.63) is 90.5 Å². The van der Waals surface area contributed by atoms with Gasteiger partial charge in [0.15, 0.2) is 0 Å². The van der Waals surface area contributed by atoms with Gasteiger partial charge in [-0.05, 0) is 55.3 Å². The number of benzene rings is 3. The molecule has 2 atom stereocenters. The van der Waals surface area contributed by atoms with Crippen LogP contribution in [0.3, 0.4) is 0 Å². The zero-order valence-corrected chi connectivity index (χ0v) is 20.6. The molecule has 1 fully saturated rings. The summed E-state index contributed by atoms with van der Waals surface area (Å²) in [7, 11) is 3.85. The van der Waals surface area contributed by atoms with Crippen LogP contribution in [0.5, 0.6) is 0 Å². The van der Waals surface area contributed by atoms with Crippen LogP contribution >= 0.6 is 0 Å². The molecule has 182 valence electrons. The van der Waals surface area contributed by atoms with Crippen LogP contribution < -0.4 is 14.8 Å². The third-order valence-electron chi connectivity index (χ3n) is 7.16. The second-order valence-corrected chi connectivity index (χ2v) is 9.51. The summed E-state index contributed by atoms with van der Waals surface area (Å²) in [6.45, 7) is 1.79. The molecule has 2 heterocycles. The number of rotatable bonds is 6. The Bertz CT molecular complexity index is 1340. The number of nitrogens with zero attached hydrogens (tertiary/aromatic N) is 4. The van der Waals surface area contributed by atoms with E-state index < -0.39 is 11.3 Å². The number of hydrazone groups is 1. The number of carbonyl (C=O) groups excluding carboxylic acids is 3. The van der Waals surface area contributed by atoms with E-state index >= 15 is 0 Å². The van der Waals surface area contributed by atoms with Crippen molar-refractivity contribution in [1.29, 1.82) is 0 Å². The molecule has 0 aromatic heterocycles. The molecule has 3 amide bonds. The summed E-state index contributed by atoms with van der Waals surface area (Å²) >= 11 is 0. The summed E-state index contributed by atoms with van der Waals surface area (Å²) in [4.78, 5) is 44.5. The lowest BCUT2D eigenvalue weighted by molar-refractivity contribution is -0.132. The highest BCUT2D eigenvalue weighted by Gasteiger charge is 2.61. The van der Waals surface area contributed by atoms with Gasteiger partial charge in [0.2, 0.25) is 11.8 Å². The van der Waals surface area contributed by atoms with Crippen molar-refractivity contribution in [3.63, 3.8) is 0 Å². The van der Waals surface area contributed by atoms with E-state index in [2.05, 4.69) is 5.10 Å². The topological polar surface area (TPSA) is 73.3 Å². The smallest absolute Gasteiger partial charge is 0.260 e. The Kier molecular flexibility index (Phi) is 5.92. The summed E-state index contributed by atoms with van der Waals surface area (Å²) in [5.41, 5.74) is 2.28. The van der Waals surface area contributed by atoms with Crippen LogP contribution in [0.1, 0.15) is 18.9 Å². The lowest BCUT2D eigenvalue weighted by Crippen LogP contribution is -2.49. The van der Waals surface area contributed by atoms with Gasteiger partial charge >= 0.3 is 0 Å². The van der Waals surface area contributed by atoms with E-state index in [0.29, 0.717) is 17.1 Å². The molecule has 3 aromatic rings. The third-order valence-corrected chi connectivity index (χ3v) is 7.16. The Balaban J connectivity index is 1.56. The van der Waals surface area contributed by atoms with E-state index in [1.807, 2.05) is 91.8 Å². The summed E-state index contributed by atoms with van der Waals surface area (Å²) in [5.74, 6) is -1.82. The monoisotopic (exact) mass is 480 g/mol. The molecule has 36 heavy (non-hydrogen) atoms. The predicted octanol–water partition coefficient (Wildman–Crippen LogP) is 4.28. The van der Waals surface area contributed by atoms with E-state index in [1.54, 1.807) is 19.1 Å². The van der Waals surface area contributed by atoms with Crippen LogP contribution in [-0.4, -0.2) is 37.5 Å². The van der Waals surface area contributed by atoms with Crippen LogP contribution in [0.15, 0.2) is 90.0 Å². The molecule has 2 unspecified atom stereocenters. The highest BCUT2D eigenvalue weighted by molar-refractivity contribution is 6.27. The number of hydrogen-bond donors (Lipinski definition) is 0. The zero-order chi connectivity index (χ0) is 25.4. The number of imide groups is 1. The van der Waals surface area contributed by atoms with Crippen molar-refractivity contribution < 1.29 is 14.4 Å². The molecule has 1 saturated heterocycles. The van der Waals surface area contributed by atoms with E-state index in [1.165, 1.54) is 9.91 Å². The number of carbonyl (C=O) groups is 3. The average Bonchev–Trinajstić information content (AvgIpc) is 3.32. The summed E-state index contributed by atoms with van der Waals surface area (Å²) < 4.78 is 0. The van der Waals surface area contributed by atoms with E-state index in [-0.39, 0.29) is 30.6 Å². The molecule has 0 aliphatic carbocycles. The highest BCUT2D eigenvalue weighted by Crippen LogP contribution is 2.47. The Morgan fingerprint density at radius 1 is 0.861 bits per heavy atom. The third kappa shape index (κ3) is 3.77. The Morgan fingerprint density at radius 3 is 2.08 bits per heavy atom. The molecular formula is C29H28N4O3. The largest absolute Gasteiger partial charge is 0.378 e. The van der Waals surface area contributed by atoms with Crippen molar-refractivity contribution in [1.82, 2.24) is 0 Å². The van der Waals surface area contributed by atoms with Crippen molar-refractivity contribution in [2.45, 2.75) is 19.8 Å². The number of para-hydroxylation sites is 1. The van der Waals surface area contributed by atoms with Crippen LogP contribution in [0, 0.1) is 11.3 Å². The molecule has 0 radical (unpaired) electrons. The summed E-state index contributed by atoms with van der Waals surface area (Å²) in [6.07, 6.45) is 0.227. The molecule has 5 rings (SSSR count). The first kappa shape index (κ1) is 23.5. The van der Waals surface area contributed by atoms with Gasteiger partial charge in [-0.2, -0.15) is 10.1 Å². The maximum Gasteiger partial charge on any atom is 0.260 e. The normalized spacial score (nSPS) is 21.8. The molecule has 7 nitrogen and oxygen atoms in total.